The molecule has 7 heteroatoms. The molecule has 1 aromatic carbocycles. The highest BCUT2D eigenvalue weighted by molar-refractivity contribution is 9.10. The fraction of sp³-hybridized carbons (Fsp3) is 0.0909. The fourth-order valence-electron chi connectivity index (χ4n) is 1.41. The number of nitrogens with two attached hydrogens (primary N) is 1. The maximum Gasteiger partial charge on any atom is 0.222 e. The maximum absolute atomic E-state index is 13.6. The number of aromatic nitrogens is 2. The van der Waals surface area contributed by atoms with Crippen LogP contribution in [0.25, 0.3) is 0 Å². The molecular formula is C11H9BrF2N4. The van der Waals surface area contributed by atoms with E-state index in [4.69, 9.17) is 5.73 Å². The first kappa shape index (κ1) is 12.7. The molecule has 0 radical (unpaired) electrons. The van der Waals surface area contributed by atoms with Crippen molar-refractivity contribution >= 4 is 33.4 Å². The number of anilines is 3. The summed E-state index contributed by atoms with van der Waals surface area (Å²) in [5, 5.41) is 2.65. The second-order valence-electron chi connectivity index (χ2n) is 3.62. The Labute approximate surface area is 110 Å². The molecule has 0 bridgehead atoms. The molecule has 4 nitrogen and oxygen atoms in total. The normalized spacial score (nSPS) is 10.4. The number of nitrogens with one attached hydrogen (secondary N) is 1. The minimum atomic E-state index is -0.599. The molecule has 0 aliphatic heterocycles. The fourth-order valence-corrected chi connectivity index (χ4v) is 1.73. The molecule has 2 rings (SSSR count). The molecule has 18 heavy (non-hydrogen) atoms. The number of nitrogens with zero attached hydrogens (tertiary/aromatic N) is 2. The number of halogens is 3. The van der Waals surface area contributed by atoms with E-state index >= 15 is 0 Å². The van der Waals surface area contributed by atoms with Gasteiger partial charge in [-0.2, -0.15) is 4.98 Å². The summed E-state index contributed by atoms with van der Waals surface area (Å²) in [6.45, 7) is 1.72. The highest BCUT2D eigenvalue weighted by Crippen LogP contribution is 2.25. The van der Waals surface area contributed by atoms with Crippen LogP contribution < -0.4 is 11.1 Å². The van der Waals surface area contributed by atoms with Gasteiger partial charge in [-0.05, 0) is 28.9 Å². The average Bonchev–Trinajstić information content (AvgIpc) is 2.24. The van der Waals surface area contributed by atoms with E-state index in [2.05, 4.69) is 31.2 Å². The van der Waals surface area contributed by atoms with Crippen molar-refractivity contribution in [2.45, 2.75) is 6.92 Å². The third kappa shape index (κ3) is 2.73. The minimum absolute atomic E-state index is 0.0202. The second kappa shape index (κ2) is 4.85. The van der Waals surface area contributed by atoms with Gasteiger partial charge in [0.05, 0.1) is 10.2 Å². The van der Waals surface area contributed by atoms with Gasteiger partial charge in [0.1, 0.15) is 17.5 Å². The van der Waals surface area contributed by atoms with Gasteiger partial charge in [0.2, 0.25) is 5.95 Å². The molecular weight excluding hydrogens is 306 g/mol. The Balaban J connectivity index is 2.36. The molecule has 0 atom stereocenters. The van der Waals surface area contributed by atoms with Gasteiger partial charge in [-0.3, -0.25) is 0 Å². The van der Waals surface area contributed by atoms with Crippen LogP contribution in [0.4, 0.5) is 26.2 Å². The highest BCUT2D eigenvalue weighted by atomic mass is 79.9. The minimum Gasteiger partial charge on any atom is -0.368 e. The van der Waals surface area contributed by atoms with Gasteiger partial charge in [-0.15, -0.1) is 0 Å². The molecule has 0 aliphatic carbocycles. The SMILES string of the molecule is Cc1cc(Nc2cc(F)c(Br)cc2F)nc(N)n1. The van der Waals surface area contributed by atoms with E-state index < -0.39 is 11.6 Å². The van der Waals surface area contributed by atoms with Crippen LogP contribution in [-0.2, 0) is 0 Å². The Morgan fingerprint density at radius 3 is 2.56 bits per heavy atom. The van der Waals surface area contributed by atoms with Crippen LogP contribution in [0.15, 0.2) is 22.7 Å². The van der Waals surface area contributed by atoms with Crippen LogP contribution in [0.3, 0.4) is 0 Å². The third-order valence-corrected chi connectivity index (χ3v) is 2.75. The lowest BCUT2D eigenvalue weighted by Gasteiger charge is -2.08. The third-order valence-electron chi connectivity index (χ3n) is 2.14. The summed E-state index contributed by atoms with van der Waals surface area (Å²) in [6, 6.07) is 3.65. The van der Waals surface area contributed by atoms with Crippen molar-refractivity contribution in [3.05, 3.63) is 40.0 Å². The van der Waals surface area contributed by atoms with Crippen LogP contribution in [0.2, 0.25) is 0 Å². The Bertz CT molecular complexity index is 584. The van der Waals surface area contributed by atoms with E-state index in [1.165, 1.54) is 0 Å². The molecule has 0 saturated carbocycles. The van der Waals surface area contributed by atoms with Crippen molar-refractivity contribution in [3.8, 4) is 0 Å². The largest absolute Gasteiger partial charge is 0.368 e. The molecule has 0 unspecified atom stereocenters. The number of nitrogen functional groups attached to an aromatic ring is 1. The maximum atomic E-state index is 13.6. The molecule has 1 aromatic heterocycles. The lowest BCUT2D eigenvalue weighted by molar-refractivity contribution is 0.597. The van der Waals surface area contributed by atoms with Crippen molar-refractivity contribution in [2.75, 3.05) is 11.1 Å². The van der Waals surface area contributed by atoms with Crippen LogP contribution in [0.1, 0.15) is 5.69 Å². The standard InChI is InChI=1S/C11H9BrF2N4/c1-5-2-10(18-11(15)16-5)17-9-4-7(13)6(12)3-8(9)14/h2-4H,1H3,(H3,15,16,17,18). The van der Waals surface area contributed by atoms with E-state index in [0.717, 1.165) is 12.1 Å². The van der Waals surface area contributed by atoms with Gasteiger partial charge in [0.15, 0.2) is 0 Å². The number of aryl methyl sites for hydroxylation is 1. The molecule has 0 amide bonds. The molecule has 0 aliphatic rings. The van der Waals surface area contributed by atoms with Crippen molar-refractivity contribution in [1.82, 2.24) is 9.97 Å². The van der Waals surface area contributed by atoms with Gasteiger partial charge >= 0.3 is 0 Å². The first-order valence-corrected chi connectivity index (χ1v) is 5.78. The number of rotatable bonds is 2. The molecule has 0 saturated heterocycles. The van der Waals surface area contributed by atoms with E-state index in [9.17, 15) is 8.78 Å². The van der Waals surface area contributed by atoms with Gasteiger partial charge in [0, 0.05) is 17.8 Å². The van der Waals surface area contributed by atoms with Gasteiger partial charge in [0.25, 0.3) is 0 Å². The van der Waals surface area contributed by atoms with Crippen LogP contribution in [0, 0.1) is 18.6 Å². The quantitative estimate of drug-likeness (QED) is 0.836. The molecule has 2 aromatic rings. The molecule has 3 N–H and O–H groups in total. The Morgan fingerprint density at radius 1 is 1.17 bits per heavy atom. The van der Waals surface area contributed by atoms with E-state index in [0.29, 0.717) is 11.5 Å². The smallest absolute Gasteiger partial charge is 0.222 e. The molecule has 0 spiro atoms. The van der Waals surface area contributed by atoms with Crippen molar-refractivity contribution in [2.24, 2.45) is 0 Å². The summed E-state index contributed by atoms with van der Waals surface area (Å²) in [7, 11) is 0. The summed E-state index contributed by atoms with van der Waals surface area (Å²) >= 11 is 2.90. The predicted molar refractivity (Wildman–Crippen MR) is 68.5 cm³/mol. The zero-order chi connectivity index (χ0) is 13.3. The first-order valence-electron chi connectivity index (χ1n) is 4.98. The van der Waals surface area contributed by atoms with E-state index in [1.807, 2.05) is 0 Å². The lowest BCUT2D eigenvalue weighted by Crippen LogP contribution is -2.02. The monoisotopic (exact) mass is 314 g/mol. The van der Waals surface area contributed by atoms with Crippen LogP contribution in [-0.4, -0.2) is 9.97 Å². The van der Waals surface area contributed by atoms with Gasteiger partial charge in [-0.25, -0.2) is 13.8 Å². The summed E-state index contributed by atoms with van der Waals surface area (Å²) in [6.07, 6.45) is 0. The highest BCUT2D eigenvalue weighted by Gasteiger charge is 2.09. The average molecular weight is 315 g/mol. The van der Waals surface area contributed by atoms with Crippen molar-refractivity contribution < 1.29 is 8.78 Å². The second-order valence-corrected chi connectivity index (χ2v) is 4.48. The van der Waals surface area contributed by atoms with E-state index in [1.54, 1.807) is 13.0 Å². The summed E-state index contributed by atoms with van der Waals surface area (Å²) in [5.41, 5.74) is 6.08. The zero-order valence-corrected chi connectivity index (χ0v) is 10.9. The first-order chi connectivity index (χ1) is 8.45. The Morgan fingerprint density at radius 2 is 1.89 bits per heavy atom. The van der Waals surface area contributed by atoms with Crippen LogP contribution in [0.5, 0.6) is 0 Å². The van der Waals surface area contributed by atoms with Gasteiger partial charge < -0.3 is 11.1 Å². The summed E-state index contributed by atoms with van der Waals surface area (Å²) < 4.78 is 27.0. The van der Waals surface area contributed by atoms with Crippen molar-refractivity contribution in [1.29, 1.82) is 0 Å². The number of benzene rings is 1. The molecule has 1 heterocycles. The van der Waals surface area contributed by atoms with Crippen LogP contribution >= 0.6 is 15.9 Å². The topological polar surface area (TPSA) is 63.8 Å². The Kier molecular flexibility index (Phi) is 3.42. The van der Waals surface area contributed by atoms with Crippen molar-refractivity contribution in [3.63, 3.8) is 0 Å². The van der Waals surface area contributed by atoms with Gasteiger partial charge in [-0.1, -0.05) is 0 Å². The van der Waals surface area contributed by atoms with E-state index in [-0.39, 0.29) is 16.1 Å². The number of hydrogen-bond donors (Lipinski definition) is 2. The summed E-state index contributed by atoms with van der Waals surface area (Å²) in [5.74, 6) is -0.799. The molecule has 0 fully saturated rings. The molecule has 94 valence electrons. The number of hydrogen-bond acceptors (Lipinski definition) is 4. The summed E-state index contributed by atoms with van der Waals surface area (Å²) in [4.78, 5) is 7.76. The Hall–Kier alpha value is -1.76. The lowest BCUT2D eigenvalue weighted by atomic mass is 10.3. The zero-order valence-electron chi connectivity index (χ0n) is 9.34. The predicted octanol–water partition coefficient (Wildman–Crippen LogP) is 3.15.